The molecule has 0 N–H and O–H groups in total. The van der Waals surface area contributed by atoms with Crippen LogP contribution < -0.4 is 0 Å². The van der Waals surface area contributed by atoms with Gasteiger partial charge >= 0.3 is 12.3 Å². The Morgan fingerprint density at radius 1 is 0.971 bits per heavy atom. The van der Waals surface area contributed by atoms with Gasteiger partial charge in [0.15, 0.2) is 5.60 Å². The molecule has 0 heterocycles. The second-order valence-electron chi connectivity index (χ2n) is 10.4. The summed E-state index contributed by atoms with van der Waals surface area (Å²) < 4.78 is 27.7. The van der Waals surface area contributed by atoms with Crippen molar-refractivity contribution in [2.75, 3.05) is 21.3 Å². The average molecular weight is 473 g/mol. The van der Waals surface area contributed by atoms with E-state index in [2.05, 4.69) is 37.8 Å². The molecule has 0 unspecified atom stereocenters. The minimum atomic E-state index is -0.933. The number of hydrogen-bond donors (Lipinski definition) is 0. The maximum absolute atomic E-state index is 12.6. The number of ether oxygens (including phenoxy) is 5. The van der Waals surface area contributed by atoms with Crippen LogP contribution in [0.15, 0.2) is 23.5 Å². The molecule has 0 bridgehead atoms. The molecule has 0 aliphatic heterocycles. The number of hydrogen-bond acceptors (Lipinski definition) is 7. The van der Waals surface area contributed by atoms with Crippen LogP contribution in [-0.4, -0.2) is 44.8 Å². The van der Waals surface area contributed by atoms with Gasteiger partial charge in [-0.15, -0.1) is 5.92 Å². The van der Waals surface area contributed by atoms with Crippen molar-refractivity contribution in [1.82, 2.24) is 0 Å². The summed E-state index contributed by atoms with van der Waals surface area (Å²) in [5.41, 5.74) is -1.29. The van der Waals surface area contributed by atoms with Crippen molar-refractivity contribution >= 4 is 12.3 Å². The molecule has 0 aromatic rings. The van der Waals surface area contributed by atoms with E-state index in [1.807, 2.05) is 0 Å². The largest absolute Gasteiger partial charge is 0.509 e. The molecule has 4 rings (SSSR count). The van der Waals surface area contributed by atoms with Gasteiger partial charge in [0, 0.05) is 23.2 Å². The maximum atomic E-state index is 12.6. The summed E-state index contributed by atoms with van der Waals surface area (Å²) in [7, 11) is 4.37. The van der Waals surface area contributed by atoms with Gasteiger partial charge in [-0.25, -0.2) is 9.59 Å². The molecule has 2 saturated carbocycles. The monoisotopic (exact) mass is 472 g/mol. The zero-order valence-corrected chi connectivity index (χ0v) is 21.1. The Kier molecular flexibility index (Phi) is 6.16. The fourth-order valence-electron chi connectivity index (χ4n) is 7.58. The molecule has 0 aromatic carbocycles. The van der Waals surface area contributed by atoms with Crippen LogP contribution in [0, 0.1) is 34.5 Å². The Bertz CT molecular complexity index is 987. The van der Waals surface area contributed by atoms with E-state index < -0.39 is 28.9 Å². The third-order valence-electron chi connectivity index (χ3n) is 9.44. The number of fused-ring (bicyclic) bond motifs is 5. The Morgan fingerprint density at radius 3 is 2.32 bits per heavy atom. The van der Waals surface area contributed by atoms with Crippen molar-refractivity contribution in [2.45, 2.75) is 76.9 Å². The van der Waals surface area contributed by atoms with E-state index in [-0.39, 0.29) is 17.3 Å². The third kappa shape index (κ3) is 3.25. The smallest absolute Gasteiger partial charge is 0.501 e. The van der Waals surface area contributed by atoms with Gasteiger partial charge in [0.1, 0.15) is 5.60 Å². The SMILES string of the molecule is CC#C[C@]1(OC(=O)OC)CC[C@H]2[C@@H]3CC=C4C=C(OC)CC[C@]4(C)[C@@]3(OC(=O)OC)CC[C@@]21C. The lowest BCUT2D eigenvalue weighted by molar-refractivity contribution is -0.202. The zero-order chi connectivity index (χ0) is 24.8. The van der Waals surface area contributed by atoms with Gasteiger partial charge < -0.3 is 23.7 Å². The molecule has 4 aliphatic rings. The van der Waals surface area contributed by atoms with Crippen LogP contribution in [-0.2, 0) is 23.7 Å². The highest BCUT2D eigenvalue weighted by molar-refractivity contribution is 5.62. The predicted molar refractivity (Wildman–Crippen MR) is 125 cm³/mol. The van der Waals surface area contributed by atoms with E-state index in [0.717, 1.165) is 37.0 Å². The molecule has 6 atom stereocenters. The van der Waals surface area contributed by atoms with Crippen molar-refractivity contribution in [1.29, 1.82) is 0 Å². The van der Waals surface area contributed by atoms with Gasteiger partial charge in [-0.2, -0.15) is 0 Å². The number of carbonyl (C=O) groups excluding carboxylic acids is 2. The van der Waals surface area contributed by atoms with E-state index in [0.29, 0.717) is 19.3 Å². The first kappa shape index (κ1) is 24.5. The van der Waals surface area contributed by atoms with Gasteiger partial charge in [0.25, 0.3) is 0 Å². The van der Waals surface area contributed by atoms with Crippen LogP contribution in [0.4, 0.5) is 9.59 Å². The maximum Gasteiger partial charge on any atom is 0.509 e. The van der Waals surface area contributed by atoms with Crippen LogP contribution in [0.25, 0.3) is 0 Å². The summed E-state index contributed by atoms with van der Waals surface area (Å²) >= 11 is 0. The minimum Gasteiger partial charge on any atom is -0.501 e. The van der Waals surface area contributed by atoms with Crippen molar-refractivity contribution in [3.05, 3.63) is 23.5 Å². The Hall–Kier alpha value is -2.62. The summed E-state index contributed by atoms with van der Waals surface area (Å²) in [6.45, 7) is 6.15. The molecule has 7 heteroatoms. The molecule has 2 fully saturated rings. The van der Waals surface area contributed by atoms with Gasteiger partial charge in [0.05, 0.1) is 27.1 Å². The quantitative estimate of drug-likeness (QED) is 0.394. The second-order valence-corrected chi connectivity index (χ2v) is 10.4. The van der Waals surface area contributed by atoms with E-state index in [9.17, 15) is 9.59 Å². The first-order chi connectivity index (χ1) is 16.1. The topological polar surface area (TPSA) is 80.3 Å². The minimum absolute atomic E-state index is 0.0402. The number of allylic oxidation sites excluding steroid dienone is 3. The van der Waals surface area contributed by atoms with E-state index in [1.165, 1.54) is 14.2 Å². The molecular formula is C27H36O7. The molecule has 7 nitrogen and oxygen atoms in total. The number of carbonyl (C=O) groups is 2. The van der Waals surface area contributed by atoms with Crippen LogP contribution in [0.2, 0.25) is 0 Å². The zero-order valence-electron chi connectivity index (χ0n) is 21.1. The van der Waals surface area contributed by atoms with Gasteiger partial charge in [-0.1, -0.05) is 25.8 Å². The van der Waals surface area contributed by atoms with E-state index >= 15 is 0 Å². The normalized spacial score (nSPS) is 40.1. The van der Waals surface area contributed by atoms with E-state index in [4.69, 9.17) is 23.7 Å². The van der Waals surface area contributed by atoms with Crippen molar-refractivity contribution in [3.8, 4) is 11.8 Å². The molecule has 0 amide bonds. The summed E-state index contributed by atoms with van der Waals surface area (Å²) in [5.74, 6) is 7.38. The summed E-state index contributed by atoms with van der Waals surface area (Å²) in [5, 5.41) is 0. The summed E-state index contributed by atoms with van der Waals surface area (Å²) in [4.78, 5) is 24.9. The highest BCUT2D eigenvalue weighted by Crippen LogP contribution is 2.70. The molecule has 0 spiro atoms. The predicted octanol–water partition coefficient (Wildman–Crippen LogP) is 5.54. The van der Waals surface area contributed by atoms with Crippen LogP contribution in [0.1, 0.15) is 65.7 Å². The lowest BCUT2D eigenvalue weighted by atomic mass is 9.45. The van der Waals surface area contributed by atoms with Crippen LogP contribution in [0.5, 0.6) is 0 Å². The number of rotatable bonds is 3. The molecule has 34 heavy (non-hydrogen) atoms. The van der Waals surface area contributed by atoms with Crippen molar-refractivity contribution < 1.29 is 33.3 Å². The van der Waals surface area contributed by atoms with Gasteiger partial charge in [-0.05, 0) is 63.0 Å². The lowest BCUT2D eigenvalue weighted by Gasteiger charge is -2.63. The third-order valence-corrected chi connectivity index (χ3v) is 9.44. The van der Waals surface area contributed by atoms with Crippen molar-refractivity contribution in [2.24, 2.45) is 22.7 Å². The second kappa shape index (κ2) is 8.55. The molecule has 0 radical (unpaired) electrons. The van der Waals surface area contributed by atoms with Crippen LogP contribution in [0.3, 0.4) is 0 Å². The highest BCUT2D eigenvalue weighted by atomic mass is 16.7. The first-order valence-electron chi connectivity index (χ1n) is 12.1. The Morgan fingerprint density at radius 2 is 1.68 bits per heavy atom. The van der Waals surface area contributed by atoms with Gasteiger partial charge in [0.2, 0.25) is 0 Å². The molecule has 186 valence electrons. The fraction of sp³-hybridized carbons (Fsp3) is 0.704. The molecular weight excluding hydrogens is 436 g/mol. The standard InChI is InChI=1S/C27H36O7/c1-7-12-26(33-22(28)31-5)14-11-20-21-9-8-18-17-19(30-4)10-13-24(18,2)27(21,34-23(29)32-6)16-15-25(20,26)3/h8,17,20-21H,9-11,13-16H2,1-6H3/t20-,21-,24-,25-,26-,27+/m0/s1. The van der Waals surface area contributed by atoms with E-state index in [1.54, 1.807) is 14.0 Å². The van der Waals surface area contributed by atoms with Crippen LogP contribution >= 0.6 is 0 Å². The summed E-state index contributed by atoms with van der Waals surface area (Å²) in [6, 6.07) is 0. The Balaban J connectivity index is 1.82. The molecule has 0 aromatic heterocycles. The Labute approximate surface area is 202 Å². The number of methoxy groups -OCH3 is 3. The fourth-order valence-corrected chi connectivity index (χ4v) is 7.58. The first-order valence-corrected chi connectivity index (χ1v) is 12.1. The lowest BCUT2D eigenvalue weighted by Crippen LogP contribution is -2.65. The highest BCUT2D eigenvalue weighted by Gasteiger charge is 2.72. The van der Waals surface area contributed by atoms with Gasteiger partial charge in [-0.3, -0.25) is 0 Å². The van der Waals surface area contributed by atoms with Crippen molar-refractivity contribution in [3.63, 3.8) is 0 Å². The average Bonchev–Trinajstić information content (AvgIpc) is 3.10. The molecule has 0 saturated heterocycles. The summed E-state index contributed by atoms with van der Waals surface area (Å²) in [6.07, 6.45) is 8.13. The molecule has 4 aliphatic carbocycles.